The van der Waals surface area contributed by atoms with Crippen molar-refractivity contribution in [3.63, 3.8) is 0 Å². The quantitative estimate of drug-likeness (QED) is 0.711. The molecular weight excluding hydrogens is 276 g/mol. The molecule has 1 spiro atoms. The Balaban J connectivity index is 1.93. The molecular formula is C18H36N2S. The average Bonchev–Trinajstić information content (AvgIpc) is 2.52. The Morgan fingerprint density at radius 1 is 1.24 bits per heavy atom. The van der Waals surface area contributed by atoms with E-state index in [9.17, 15) is 0 Å². The summed E-state index contributed by atoms with van der Waals surface area (Å²) in [7, 11) is 0. The molecule has 1 heterocycles. The van der Waals surface area contributed by atoms with Gasteiger partial charge in [0.2, 0.25) is 0 Å². The fourth-order valence-electron chi connectivity index (χ4n) is 4.17. The summed E-state index contributed by atoms with van der Waals surface area (Å²) in [5, 5.41) is 3.98. The molecule has 0 aromatic heterocycles. The second-order valence-electron chi connectivity index (χ2n) is 7.20. The van der Waals surface area contributed by atoms with E-state index in [2.05, 4.69) is 42.7 Å². The summed E-state index contributed by atoms with van der Waals surface area (Å²) < 4.78 is 0. The van der Waals surface area contributed by atoms with Crippen LogP contribution in [0.1, 0.15) is 65.7 Å². The van der Waals surface area contributed by atoms with E-state index >= 15 is 0 Å². The normalized spacial score (nSPS) is 27.9. The number of hydrogen-bond donors (Lipinski definition) is 1. The van der Waals surface area contributed by atoms with E-state index in [1.165, 1.54) is 76.1 Å². The topological polar surface area (TPSA) is 15.3 Å². The summed E-state index contributed by atoms with van der Waals surface area (Å²) in [5.74, 6) is 3.42. The van der Waals surface area contributed by atoms with Crippen LogP contribution in [0.4, 0.5) is 0 Å². The Bertz CT molecular complexity index is 289. The van der Waals surface area contributed by atoms with Crippen molar-refractivity contribution in [1.82, 2.24) is 10.2 Å². The Morgan fingerprint density at radius 3 is 2.67 bits per heavy atom. The van der Waals surface area contributed by atoms with Gasteiger partial charge in [-0.15, -0.1) is 0 Å². The molecule has 3 heteroatoms. The van der Waals surface area contributed by atoms with Crippen LogP contribution in [0.25, 0.3) is 0 Å². The van der Waals surface area contributed by atoms with Gasteiger partial charge in [-0.2, -0.15) is 11.8 Å². The van der Waals surface area contributed by atoms with Crippen molar-refractivity contribution in [2.24, 2.45) is 5.92 Å². The summed E-state index contributed by atoms with van der Waals surface area (Å²) in [6.45, 7) is 10.9. The summed E-state index contributed by atoms with van der Waals surface area (Å²) in [5.41, 5.74) is 0.458. The molecule has 0 amide bonds. The molecule has 1 saturated heterocycles. The van der Waals surface area contributed by atoms with Crippen LogP contribution in [0, 0.1) is 5.92 Å². The molecule has 0 aromatic carbocycles. The highest BCUT2D eigenvalue weighted by atomic mass is 32.2. The van der Waals surface area contributed by atoms with Crippen molar-refractivity contribution in [2.75, 3.05) is 31.1 Å². The highest BCUT2D eigenvalue weighted by Gasteiger charge is 2.40. The van der Waals surface area contributed by atoms with E-state index in [1.807, 2.05) is 0 Å². The molecule has 124 valence electrons. The highest BCUT2D eigenvalue weighted by Crippen LogP contribution is 2.33. The Kier molecular flexibility index (Phi) is 7.37. The first-order valence-electron chi connectivity index (χ1n) is 9.27. The number of hydrogen-bond acceptors (Lipinski definition) is 3. The summed E-state index contributed by atoms with van der Waals surface area (Å²) in [4.78, 5) is 2.85. The lowest BCUT2D eigenvalue weighted by Crippen LogP contribution is -2.66. The van der Waals surface area contributed by atoms with Crippen molar-refractivity contribution >= 4 is 11.8 Å². The minimum absolute atomic E-state index is 0.458. The van der Waals surface area contributed by atoms with Gasteiger partial charge in [0.25, 0.3) is 0 Å². The van der Waals surface area contributed by atoms with Crippen LogP contribution < -0.4 is 5.32 Å². The maximum atomic E-state index is 3.98. The second-order valence-corrected chi connectivity index (χ2v) is 8.59. The molecule has 1 saturated carbocycles. The van der Waals surface area contributed by atoms with Gasteiger partial charge in [0, 0.05) is 24.7 Å². The number of nitrogens with one attached hydrogen (secondary N) is 1. The average molecular weight is 313 g/mol. The Labute approximate surface area is 136 Å². The van der Waals surface area contributed by atoms with Gasteiger partial charge in [-0.05, 0) is 43.2 Å². The molecule has 2 atom stereocenters. The van der Waals surface area contributed by atoms with Gasteiger partial charge in [0.15, 0.2) is 0 Å². The fraction of sp³-hybridized carbons (Fsp3) is 1.00. The van der Waals surface area contributed by atoms with E-state index < -0.39 is 0 Å². The molecule has 1 N–H and O–H groups in total. The van der Waals surface area contributed by atoms with E-state index in [1.54, 1.807) is 0 Å². The number of rotatable bonds is 7. The molecule has 1 aliphatic heterocycles. The third-order valence-electron chi connectivity index (χ3n) is 5.71. The molecule has 0 radical (unpaired) electrons. The molecule has 2 fully saturated rings. The molecule has 2 unspecified atom stereocenters. The zero-order valence-electron chi connectivity index (χ0n) is 14.5. The van der Waals surface area contributed by atoms with Crippen LogP contribution >= 0.6 is 11.8 Å². The van der Waals surface area contributed by atoms with Crippen molar-refractivity contribution in [1.29, 1.82) is 0 Å². The van der Waals surface area contributed by atoms with Gasteiger partial charge < -0.3 is 5.32 Å². The van der Waals surface area contributed by atoms with Crippen LogP contribution in [-0.4, -0.2) is 47.6 Å². The minimum Gasteiger partial charge on any atom is -0.308 e. The molecule has 2 rings (SSSR count). The Morgan fingerprint density at radius 2 is 2.00 bits per heavy atom. The van der Waals surface area contributed by atoms with Crippen LogP contribution in [0.2, 0.25) is 0 Å². The van der Waals surface area contributed by atoms with E-state index in [4.69, 9.17) is 0 Å². The summed E-state index contributed by atoms with van der Waals surface area (Å²) in [6.07, 6.45) is 9.79. The predicted octanol–water partition coefficient (Wildman–Crippen LogP) is 4.15. The zero-order valence-corrected chi connectivity index (χ0v) is 15.3. The second kappa shape index (κ2) is 8.79. The van der Waals surface area contributed by atoms with Gasteiger partial charge in [-0.1, -0.05) is 46.5 Å². The molecule has 21 heavy (non-hydrogen) atoms. The third-order valence-corrected chi connectivity index (χ3v) is 6.70. The summed E-state index contributed by atoms with van der Waals surface area (Å²) in [6, 6.07) is 0.758. The number of nitrogens with zero attached hydrogens (tertiary/aromatic N) is 1. The molecule has 2 aliphatic rings. The van der Waals surface area contributed by atoms with Gasteiger partial charge in [-0.25, -0.2) is 0 Å². The van der Waals surface area contributed by atoms with Crippen LogP contribution in [0.15, 0.2) is 0 Å². The first kappa shape index (κ1) is 17.6. The molecule has 1 aliphatic carbocycles. The van der Waals surface area contributed by atoms with Gasteiger partial charge in [0.05, 0.1) is 0 Å². The standard InChI is InChI=1S/C18H36N2S/c1-4-16(3)17-14-19-18(10-7-6-8-11-18)15-20(17)12-9-13-21-5-2/h16-17,19H,4-15H2,1-3H3. The van der Waals surface area contributed by atoms with E-state index in [0.717, 1.165) is 12.0 Å². The molecule has 0 bridgehead atoms. The first-order chi connectivity index (χ1) is 10.2. The minimum atomic E-state index is 0.458. The largest absolute Gasteiger partial charge is 0.308 e. The summed E-state index contributed by atoms with van der Waals surface area (Å²) >= 11 is 2.10. The van der Waals surface area contributed by atoms with Crippen LogP contribution in [0.3, 0.4) is 0 Å². The van der Waals surface area contributed by atoms with Crippen molar-refractivity contribution in [3.05, 3.63) is 0 Å². The SMILES string of the molecule is CCSCCCN1CC2(CCCCC2)NCC1C(C)CC. The van der Waals surface area contributed by atoms with Gasteiger partial charge in [-0.3, -0.25) is 4.90 Å². The lowest BCUT2D eigenvalue weighted by molar-refractivity contribution is 0.0327. The monoisotopic (exact) mass is 312 g/mol. The van der Waals surface area contributed by atoms with Gasteiger partial charge >= 0.3 is 0 Å². The van der Waals surface area contributed by atoms with Crippen LogP contribution in [-0.2, 0) is 0 Å². The smallest absolute Gasteiger partial charge is 0.0309 e. The Hall–Kier alpha value is 0.270. The number of piperazine rings is 1. The lowest BCUT2D eigenvalue weighted by atomic mass is 9.78. The third kappa shape index (κ3) is 4.87. The first-order valence-corrected chi connectivity index (χ1v) is 10.4. The lowest BCUT2D eigenvalue weighted by Gasteiger charge is -2.51. The fourth-order valence-corrected chi connectivity index (χ4v) is 4.79. The van der Waals surface area contributed by atoms with Crippen LogP contribution in [0.5, 0.6) is 0 Å². The van der Waals surface area contributed by atoms with E-state index in [-0.39, 0.29) is 0 Å². The number of thioether (sulfide) groups is 1. The van der Waals surface area contributed by atoms with Crippen molar-refractivity contribution < 1.29 is 0 Å². The van der Waals surface area contributed by atoms with Crippen molar-refractivity contribution in [3.8, 4) is 0 Å². The highest BCUT2D eigenvalue weighted by molar-refractivity contribution is 7.99. The van der Waals surface area contributed by atoms with Crippen molar-refractivity contribution in [2.45, 2.75) is 77.3 Å². The van der Waals surface area contributed by atoms with E-state index in [0.29, 0.717) is 5.54 Å². The molecule has 0 aromatic rings. The predicted molar refractivity (Wildman–Crippen MR) is 96.3 cm³/mol. The maximum Gasteiger partial charge on any atom is 0.0309 e. The molecule has 2 nitrogen and oxygen atoms in total. The maximum absolute atomic E-state index is 3.98. The van der Waals surface area contributed by atoms with Gasteiger partial charge in [0.1, 0.15) is 0 Å². The zero-order chi connectivity index (χ0) is 15.1.